The Morgan fingerprint density at radius 2 is 1.56 bits per heavy atom. The van der Waals surface area contributed by atoms with Crippen LogP contribution in [-0.2, 0) is 0 Å². The van der Waals surface area contributed by atoms with Crippen molar-refractivity contribution in [1.29, 1.82) is 0 Å². The van der Waals surface area contributed by atoms with Crippen molar-refractivity contribution in [3.63, 3.8) is 0 Å². The molecule has 0 aromatic heterocycles. The normalized spacial score (nSPS) is 15.1. The summed E-state index contributed by atoms with van der Waals surface area (Å²) in [5.74, 6) is 0. The molecular formula is C17H19N. The van der Waals surface area contributed by atoms with Crippen LogP contribution in [0, 0.1) is 6.92 Å². The van der Waals surface area contributed by atoms with Gasteiger partial charge in [0.25, 0.3) is 0 Å². The van der Waals surface area contributed by atoms with Crippen molar-refractivity contribution in [2.45, 2.75) is 19.8 Å². The summed E-state index contributed by atoms with van der Waals surface area (Å²) >= 11 is 0. The molecule has 1 saturated heterocycles. The van der Waals surface area contributed by atoms with Gasteiger partial charge < -0.3 is 4.90 Å². The number of hydrogen-bond acceptors (Lipinski definition) is 1. The van der Waals surface area contributed by atoms with Crippen LogP contribution in [0.15, 0.2) is 48.5 Å². The molecule has 92 valence electrons. The molecule has 1 fully saturated rings. The zero-order chi connectivity index (χ0) is 12.4. The molecule has 0 aliphatic carbocycles. The maximum atomic E-state index is 2.50. The first-order valence-corrected chi connectivity index (χ1v) is 6.75. The van der Waals surface area contributed by atoms with E-state index in [0.29, 0.717) is 0 Å². The van der Waals surface area contributed by atoms with Gasteiger partial charge in [0.2, 0.25) is 0 Å². The Bertz CT molecular complexity index is 525. The lowest BCUT2D eigenvalue weighted by Crippen LogP contribution is -2.17. The number of nitrogens with zero attached hydrogens (tertiary/aromatic N) is 1. The van der Waals surface area contributed by atoms with E-state index in [4.69, 9.17) is 0 Å². The van der Waals surface area contributed by atoms with Gasteiger partial charge >= 0.3 is 0 Å². The summed E-state index contributed by atoms with van der Waals surface area (Å²) < 4.78 is 0. The van der Waals surface area contributed by atoms with Gasteiger partial charge in [0.15, 0.2) is 0 Å². The van der Waals surface area contributed by atoms with E-state index in [2.05, 4.69) is 60.4 Å². The summed E-state index contributed by atoms with van der Waals surface area (Å²) in [6, 6.07) is 17.5. The molecule has 2 aromatic rings. The fraction of sp³-hybridized carbons (Fsp3) is 0.294. The second-order valence-electron chi connectivity index (χ2n) is 5.12. The van der Waals surface area contributed by atoms with Crippen LogP contribution in [0.1, 0.15) is 18.4 Å². The topological polar surface area (TPSA) is 3.24 Å². The molecule has 0 unspecified atom stereocenters. The maximum Gasteiger partial charge on any atom is 0.0375 e. The van der Waals surface area contributed by atoms with Crippen LogP contribution in [0.3, 0.4) is 0 Å². The van der Waals surface area contributed by atoms with Crippen molar-refractivity contribution in [3.05, 3.63) is 54.1 Å². The Balaban J connectivity index is 2.00. The minimum atomic E-state index is 1.21. The van der Waals surface area contributed by atoms with E-state index >= 15 is 0 Å². The van der Waals surface area contributed by atoms with Crippen molar-refractivity contribution in [2.24, 2.45) is 0 Å². The minimum absolute atomic E-state index is 1.21. The summed E-state index contributed by atoms with van der Waals surface area (Å²) in [6.07, 6.45) is 2.66. The van der Waals surface area contributed by atoms with Gasteiger partial charge in [-0.1, -0.05) is 36.4 Å². The third-order valence-electron chi connectivity index (χ3n) is 3.64. The molecule has 0 saturated carbocycles. The van der Waals surface area contributed by atoms with Gasteiger partial charge in [-0.3, -0.25) is 0 Å². The lowest BCUT2D eigenvalue weighted by atomic mass is 10.0. The van der Waals surface area contributed by atoms with Crippen LogP contribution in [0.25, 0.3) is 11.1 Å². The van der Waals surface area contributed by atoms with Gasteiger partial charge in [-0.05, 0) is 48.6 Å². The number of hydrogen-bond donors (Lipinski definition) is 0. The molecule has 0 radical (unpaired) electrons. The number of rotatable bonds is 2. The third-order valence-corrected chi connectivity index (χ3v) is 3.64. The molecule has 1 heterocycles. The molecule has 2 aromatic carbocycles. The van der Waals surface area contributed by atoms with Crippen molar-refractivity contribution in [3.8, 4) is 11.1 Å². The van der Waals surface area contributed by atoms with Crippen molar-refractivity contribution >= 4 is 5.69 Å². The highest BCUT2D eigenvalue weighted by Gasteiger charge is 2.13. The second kappa shape index (κ2) is 4.85. The first-order valence-electron chi connectivity index (χ1n) is 6.75. The fourth-order valence-electron chi connectivity index (χ4n) is 2.72. The van der Waals surface area contributed by atoms with E-state index in [9.17, 15) is 0 Å². The first-order chi connectivity index (χ1) is 8.83. The zero-order valence-corrected chi connectivity index (χ0v) is 10.9. The van der Waals surface area contributed by atoms with Gasteiger partial charge in [0.1, 0.15) is 0 Å². The van der Waals surface area contributed by atoms with Crippen molar-refractivity contribution < 1.29 is 0 Å². The van der Waals surface area contributed by atoms with E-state index in [1.807, 2.05) is 0 Å². The molecule has 0 bridgehead atoms. The van der Waals surface area contributed by atoms with Crippen LogP contribution < -0.4 is 4.90 Å². The summed E-state index contributed by atoms with van der Waals surface area (Å²) in [5.41, 5.74) is 5.36. The molecule has 1 aliphatic heterocycles. The predicted molar refractivity (Wildman–Crippen MR) is 78.1 cm³/mol. The van der Waals surface area contributed by atoms with Gasteiger partial charge in [0.05, 0.1) is 0 Å². The average Bonchev–Trinajstić information content (AvgIpc) is 2.93. The largest absolute Gasteiger partial charge is 0.372 e. The third kappa shape index (κ3) is 2.26. The smallest absolute Gasteiger partial charge is 0.0375 e. The molecule has 1 aliphatic rings. The molecule has 3 rings (SSSR count). The van der Waals surface area contributed by atoms with Crippen molar-refractivity contribution in [2.75, 3.05) is 18.0 Å². The molecule has 18 heavy (non-hydrogen) atoms. The Labute approximate surface area is 109 Å². The summed E-state index contributed by atoms with van der Waals surface area (Å²) in [5, 5.41) is 0. The van der Waals surface area contributed by atoms with Crippen LogP contribution >= 0.6 is 0 Å². The van der Waals surface area contributed by atoms with Crippen LogP contribution in [0.2, 0.25) is 0 Å². The molecular weight excluding hydrogens is 218 g/mol. The highest BCUT2D eigenvalue weighted by atomic mass is 15.1. The Hall–Kier alpha value is -1.76. The second-order valence-corrected chi connectivity index (χ2v) is 5.12. The highest BCUT2D eigenvalue weighted by Crippen LogP contribution is 2.28. The Kier molecular flexibility index (Phi) is 3.06. The van der Waals surface area contributed by atoms with Gasteiger partial charge in [-0.2, -0.15) is 0 Å². The molecule has 0 amide bonds. The number of anilines is 1. The minimum Gasteiger partial charge on any atom is -0.372 e. The molecule has 0 spiro atoms. The summed E-state index contributed by atoms with van der Waals surface area (Å²) in [7, 11) is 0. The maximum absolute atomic E-state index is 2.50. The monoisotopic (exact) mass is 237 g/mol. The van der Waals surface area contributed by atoms with Gasteiger partial charge in [0, 0.05) is 18.8 Å². The van der Waals surface area contributed by atoms with E-state index < -0.39 is 0 Å². The lowest BCUT2D eigenvalue weighted by Gasteiger charge is -2.19. The van der Waals surface area contributed by atoms with Crippen LogP contribution in [0.4, 0.5) is 5.69 Å². The molecule has 1 heteroatoms. The lowest BCUT2D eigenvalue weighted by molar-refractivity contribution is 0.949. The molecule has 0 atom stereocenters. The van der Waals surface area contributed by atoms with Crippen LogP contribution in [-0.4, -0.2) is 13.1 Å². The SMILES string of the molecule is Cc1cc(-c2ccccc2)cc(N2CCCC2)c1. The fourth-order valence-corrected chi connectivity index (χ4v) is 2.72. The quantitative estimate of drug-likeness (QED) is 0.754. The predicted octanol–water partition coefficient (Wildman–Crippen LogP) is 4.26. The molecule has 0 N–H and O–H groups in total. The van der Waals surface area contributed by atoms with E-state index in [-0.39, 0.29) is 0 Å². The van der Waals surface area contributed by atoms with Crippen molar-refractivity contribution in [1.82, 2.24) is 0 Å². The number of benzene rings is 2. The van der Waals surface area contributed by atoms with Crippen LogP contribution in [0.5, 0.6) is 0 Å². The highest BCUT2D eigenvalue weighted by molar-refractivity contribution is 5.69. The van der Waals surface area contributed by atoms with Gasteiger partial charge in [-0.15, -0.1) is 0 Å². The van der Waals surface area contributed by atoms with E-state index in [1.54, 1.807) is 0 Å². The zero-order valence-electron chi connectivity index (χ0n) is 10.9. The van der Waals surface area contributed by atoms with E-state index in [0.717, 1.165) is 0 Å². The Morgan fingerprint density at radius 1 is 0.833 bits per heavy atom. The summed E-state index contributed by atoms with van der Waals surface area (Å²) in [4.78, 5) is 2.50. The van der Waals surface area contributed by atoms with E-state index in [1.165, 1.54) is 48.3 Å². The first kappa shape index (κ1) is 11.3. The summed E-state index contributed by atoms with van der Waals surface area (Å²) in [6.45, 7) is 4.60. The Morgan fingerprint density at radius 3 is 2.28 bits per heavy atom. The molecule has 1 nitrogen and oxygen atoms in total. The standard InChI is InChI=1S/C17H19N/c1-14-11-16(15-7-3-2-4-8-15)13-17(12-14)18-9-5-6-10-18/h2-4,7-8,11-13H,5-6,9-10H2,1H3. The number of aryl methyl sites for hydroxylation is 1. The average molecular weight is 237 g/mol. The van der Waals surface area contributed by atoms with Gasteiger partial charge in [-0.25, -0.2) is 0 Å².